The minimum absolute atomic E-state index is 0.489. The van der Waals surface area contributed by atoms with Gasteiger partial charge in [0.2, 0.25) is 0 Å². The summed E-state index contributed by atoms with van der Waals surface area (Å²) in [5, 5.41) is 11.2. The van der Waals surface area contributed by atoms with Crippen molar-refractivity contribution in [3.8, 4) is 11.1 Å². The number of hydrogen-bond acceptors (Lipinski definition) is 0. The van der Waals surface area contributed by atoms with Gasteiger partial charge in [0.05, 0.1) is 0 Å². The highest BCUT2D eigenvalue weighted by atomic mass is 32.9. The second kappa shape index (κ2) is 25.0. The maximum atomic E-state index is 2.56. The molecule has 8 unspecified atom stereocenters. The van der Waals surface area contributed by atoms with E-state index in [2.05, 4.69) is 237 Å². The van der Waals surface area contributed by atoms with Gasteiger partial charge in [0, 0.05) is 0 Å². The molecule has 0 aromatic heterocycles. The molecule has 1 aliphatic heterocycles. The maximum Gasteiger partial charge on any atom is -0.00564 e. The van der Waals surface area contributed by atoms with Crippen molar-refractivity contribution in [3.05, 3.63) is 237 Å². The van der Waals surface area contributed by atoms with Crippen molar-refractivity contribution in [2.45, 2.75) is 44.9 Å². The summed E-state index contributed by atoms with van der Waals surface area (Å²) in [6.45, 7) is 0. The Morgan fingerprint density at radius 1 is 0.246 bits per heavy atom. The first-order chi connectivity index (χ1) is 32.3. The molecule has 1 fully saturated rings. The minimum atomic E-state index is -0.750. The molecule has 8 atom stereocenters. The van der Waals surface area contributed by atoms with Crippen molar-refractivity contribution < 1.29 is 0 Å². The molecule has 1 heterocycles. The molecule has 65 heavy (non-hydrogen) atoms. The van der Waals surface area contributed by atoms with Crippen LogP contribution in [0.5, 0.6) is 0 Å². The van der Waals surface area contributed by atoms with E-state index >= 15 is 0 Å². The van der Waals surface area contributed by atoms with Crippen molar-refractivity contribution in [2.75, 3.05) is 12.3 Å². The zero-order valence-electron chi connectivity index (χ0n) is 37.0. The predicted octanol–water partition coefficient (Wildman–Crippen LogP) is 17.1. The van der Waals surface area contributed by atoms with E-state index in [0.717, 1.165) is 8.27 Å². The molecular formula is C57H58P8. The second-order valence-corrected chi connectivity index (χ2v) is 48.2. The smallest absolute Gasteiger partial charge is 0.00564 e. The van der Waals surface area contributed by atoms with Crippen molar-refractivity contribution in [1.29, 1.82) is 0 Å². The fraction of sp³-hybridized carbons (Fsp3) is 0.158. The highest BCUT2D eigenvalue weighted by molar-refractivity contribution is 9.02. The molecule has 0 nitrogen and oxygen atoms in total. The summed E-state index contributed by atoms with van der Waals surface area (Å²) in [7, 11) is -3.63. The zero-order chi connectivity index (χ0) is 43.9. The Morgan fingerprint density at radius 2 is 0.569 bits per heavy atom. The summed E-state index contributed by atoms with van der Waals surface area (Å²) in [5.41, 5.74) is 2.61. The monoisotopic (exact) mass is 990 g/mol. The van der Waals surface area contributed by atoms with Crippen molar-refractivity contribution >= 4 is 96.8 Å². The van der Waals surface area contributed by atoms with Crippen LogP contribution in [0.25, 0.3) is 11.1 Å². The molecule has 9 rings (SSSR count). The van der Waals surface area contributed by atoms with Gasteiger partial charge in [0.15, 0.2) is 0 Å². The van der Waals surface area contributed by atoms with Crippen LogP contribution < -0.4 is 37.1 Å². The normalized spacial score (nSPS) is 23.0. The van der Waals surface area contributed by atoms with Gasteiger partial charge in [-0.25, -0.2) is 0 Å². The third kappa shape index (κ3) is 12.3. The van der Waals surface area contributed by atoms with Gasteiger partial charge < -0.3 is 0 Å². The largest absolute Gasteiger partial charge is 0.0862 e. The molecule has 0 aliphatic carbocycles. The first-order valence-electron chi connectivity index (χ1n) is 23.1. The summed E-state index contributed by atoms with van der Waals surface area (Å²) in [6, 6.07) is 93.2. The number of rotatable bonds is 8. The average Bonchev–Trinajstić information content (AvgIpc) is 3.39. The molecular weight excluding hydrogens is 932 g/mol. The highest BCUT2D eigenvalue weighted by Gasteiger charge is 2.46. The van der Waals surface area contributed by atoms with Crippen molar-refractivity contribution in [3.63, 3.8) is 0 Å². The molecule has 0 spiro atoms. The van der Waals surface area contributed by atoms with Gasteiger partial charge in [-0.1, -0.05) is 277 Å². The van der Waals surface area contributed by atoms with Crippen LogP contribution in [0.4, 0.5) is 0 Å². The lowest BCUT2D eigenvalue weighted by molar-refractivity contribution is 0.605. The van der Waals surface area contributed by atoms with Crippen LogP contribution in [0.15, 0.2) is 237 Å². The molecule has 8 aromatic carbocycles. The lowest BCUT2D eigenvalue weighted by atomic mass is 10.1. The van der Waals surface area contributed by atoms with E-state index in [1.165, 1.54) is 68.4 Å². The van der Waals surface area contributed by atoms with Gasteiger partial charge in [-0.15, -0.1) is 0 Å². The third-order valence-electron chi connectivity index (χ3n) is 11.7. The SMILES string of the molecule is c1ccc(-c2ccc(P3CCCCCCCCCPP(c4ccccc4)P(c4ccccc4)P(c4ccccc4)P(c4ccccc4)P(c4ccccc4)P3c3ccccc3)cc2)cc1. The van der Waals surface area contributed by atoms with Crippen LogP contribution in [0.3, 0.4) is 0 Å². The first-order valence-corrected chi connectivity index (χ1v) is 39.0. The third-order valence-corrected chi connectivity index (χ3v) is 65.2. The first kappa shape index (κ1) is 47.3. The van der Waals surface area contributed by atoms with Gasteiger partial charge in [-0.2, -0.15) is 0 Å². The molecule has 8 heteroatoms. The molecule has 1 aliphatic rings. The quantitative estimate of drug-likeness (QED) is 0.133. The highest BCUT2D eigenvalue weighted by Crippen LogP contribution is 3.09. The fourth-order valence-electron chi connectivity index (χ4n) is 8.45. The fourth-order valence-corrected chi connectivity index (χ4v) is 85.9. The molecule has 0 amide bonds. The Morgan fingerprint density at radius 3 is 1.03 bits per heavy atom. The summed E-state index contributed by atoms with van der Waals surface area (Å²) >= 11 is 0. The van der Waals surface area contributed by atoms with Gasteiger partial charge in [0.1, 0.15) is 0 Å². The molecule has 326 valence electrons. The Balaban J connectivity index is 1.35. The van der Waals surface area contributed by atoms with Crippen molar-refractivity contribution in [1.82, 2.24) is 0 Å². The van der Waals surface area contributed by atoms with Crippen LogP contribution >= 0.6 is 59.7 Å². The zero-order valence-corrected chi connectivity index (χ0v) is 44.3. The van der Waals surface area contributed by atoms with E-state index in [1.54, 1.807) is 37.1 Å². The van der Waals surface area contributed by atoms with Crippen LogP contribution in [-0.2, 0) is 0 Å². The van der Waals surface area contributed by atoms with Crippen LogP contribution in [-0.4, -0.2) is 12.3 Å². The van der Waals surface area contributed by atoms with E-state index in [9.17, 15) is 0 Å². The van der Waals surface area contributed by atoms with E-state index < -0.39 is 51.4 Å². The average molecular weight is 991 g/mol. The predicted molar refractivity (Wildman–Crippen MR) is 307 cm³/mol. The van der Waals surface area contributed by atoms with Gasteiger partial charge in [0.25, 0.3) is 0 Å². The Hall–Kier alpha value is -2.80. The van der Waals surface area contributed by atoms with Gasteiger partial charge in [-0.3, -0.25) is 0 Å². The summed E-state index contributed by atoms with van der Waals surface area (Å²) in [6.07, 6.45) is 12.0. The topological polar surface area (TPSA) is 0 Å². The molecule has 0 N–H and O–H groups in total. The van der Waals surface area contributed by atoms with E-state index in [1.807, 2.05) is 0 Å². The van der Waals surface area contributed by atoms with Crippen molar-refractivity contribution in [2.24, 2.45) is 0 Å². The maximum absolute atomic E-state index is 2.56. The number of benzene rings is 8. The van der Waals surface area contributed by atoms with Gasteiger partial charge >= 0.3 is 0 Å². The summed E-state index contributed by atoms with van der Waals surface area (Å²) in [4.78, 5) is 0. The number of hydrogen-bond donors (Lipinski definition) is 0. The molecule has 0 bridgehead atoms. The molecule has 0 radical (unpaired) electrons. The lowest BCUT2D eigenvalue weighted by Crippen LogP contribution is -2.15. The van der Waals surface area contributed by atoms with Gasteiger partial charge in [-0.05, 0) is 125 Å². The minimum Gasteiger partial charge on any atom is -0.0862 e. The van der Waals surface area contributed by atoms with Crippen LogP contribution in [0, 0.1) is 0 Å². The van der Waals surface area contributed by atoms with E-state index in [0.29, 0.717) is 0 Å². The molecule has 8 aromatic rings. The Kier molecular flexibility index (Phi) is 18.2. The van der Waals surface area contributed by atoms with Crippen LogP contribution in [0.2, 0.25) is 0 Å². The Labute approximate surface area is 399 Å². The second-order valence-electron chi connectivity index (χ2n) is 16.2. The molecule has 1 saturated heterocycles. The summed E-state index contributed by atoms with van der Waals surface area (Å²) < 4.78 is 0. The molecule has 0 saturated carbocycles. The lowest BCUT2D eigenvalue weighted by Gasteiger charge is -2.47. The standard InChI is InChI=1S/C57H58P8/c1-2-4-27-47-58-60(52-31-15-7-16-32-52)62(54-35-19-9-20-36-54)64(56-39-23-11-24-40-56)65(57-41-25-12-26-42-57)63(55-37-21-10-22-38-55)61(53-33-17-8-18-34-53)59(48-28-5-3-1)51-45-43-50(44-46-51)49-29-13-6-14-30-49/h6-26,29-46,58H,1-5,27-28,47-48H2. The van der Waals surface area contributed by atoms with E-state index in [4.69, 9.17) is 0 Å². The summed E-state index contributed by atoms with van der Waals surface area (Å²) in [5.74, 6) is 0. The van der Waals surface area contributed by atoms with E-state index in [-0.39, 0.29) is 0 Å². The van der Waals surface area contributed by atoms with Crippen LogP contribution in [0.1, 0.15) is 44.9 Å². The Bertz CT molecular complexity index is 2570.